The Morgan fingerprint density at radius 3 is 2.83 bits per heavy atom. The summed E-state index contributed by atoms with van der Waals surface area (Å²) in [6.07, 6.45) is 0.504. The summed E-state index contributed by atoms with van der Waals surface area (Å²) in [6, 6.07) is 4.64. The smallest absolute Gasteiger partial charge is 0.126 e. The van der Waals surface area contributed by atoms with Gasteiger partial charge < -0.3 is 5.11 Å². The standard InChI is InChI=1S/C13H14ClFN2O/c1-3-17-12(10(14)7-16-17)13(18)9-5-4-8(2)11(15)6-9/h4-7,13,18H,3H2,1-2H3. The number of benzene rings is 1. The number of hydrogen-bond donors (Lipinski definition) is 1. The maximum Gasteiger partial charge on any atom is 0.126 e. The van der Waals surface area contributed by atoms with E-state index in [1.54, 1.807) is 23.7 Å². The minimum Gasteiger partial charge on any atom is -0.382 e. The normalized spacial score (nSPS) is 12.7. The van der Waals surface area contributed by atoms with Crippen LogP contribution in [-0.2, 0) is 6.54 Å². The summed E-state index contributed by atoms with van der Waals surface area (Å²) in [4.78, 5) is 0. The van der Waals surface area contributed by atoms with E-state index in [9.17, 15) is 9.50 Å². The van der Waals surface area contributed by atoms with Crippen molar-refractivity contribution in [3.05, 3.63) is 52.1 Å². The molecule has 0 amide bonds. The van der Waals surface area contributed by atoms with Gasteiger partial charge in [-0.15, -0.1) is 0 Å². The lowest BCUT2D eigenvalue weighted by atomic mass is 10.0. The minimum atomic E-state index is -0.977. The molecule has 1 N–H and O–H groups in total. The first-order valence-corrected chi connectivity index (χ1v) is 6.07. The van der Waals surface area contributed by atoms with E-state index in [4.69, 9.17) is 11.6 Å². The molecule has 1 heterocycles. The van der Waals surface area contributed by atoms with Crippen molar-refractivity contribution in [1.82, 2.24) is 9.78 Å². The highest BCUT2D eigenvalue weighted by molar-refractivity contribution is 6.31. The fourth-order valence-electron chi connectivity index (χ4n) is 1.83. The highest BCUT2D eigenvalue weighted by Crippen LogP contribution is 2.28. The van der Waals surface area contributed by atoms with Crippen LogP contribution in [0.2, 0.25) is 5.02 Å². The summed E-state index contributed by atoms with van der Waals surface area (Å²) in [5, 5.41) is 14.7. The second-order valence-corrected chi connectivity index (χ2v) is 4.51. The van der Waals surface area contributed by atoms with Gasteiger partial charge in [-0.05, 0) is 31.0 Å². The molecule has 96 valence electrons. The fourth-order valence-corrected chi connectivity index (χ4v) is 2.08. The highest BCUT2D eigenvalue weighted by Gasteiger charge is 2.20. The van der Waals surface area contributed by atoms with Gasteiger partial charge in [0.25, 0.3) is 0 Å². The number of hydrogen-bond acceptors (Lipinski definition) is 2. The van der Waals surface area contributed by atoms with Crippen LogP contribution in [0.4, 0.5) is 4.39 Å². The molecule has 0 saturated carbocycles. The molecule has 1 atom stereocenters. The summed E-state index contributed by atoms with van der Waals surface area (Å²) in [6.45, 7) is 4.16. The molecule has 0 bridgehead atoms. The summed E-state index contributed by atoms with van der Waals surface area (Å²) in [7, 11) is 0. The first-order chi connectivity index (χ1) is 8.54. The molecule has 2 aromatic rings. The van der Waals surface area contributed by atoms with Gasteiger partial charge >= 0.3 is 0 Å². The van der Waals surface area contributed by atoms with Crippen molar-refractivity contribution in [2.24, 2.45) is 0 Å². The van der Waals surface area contributed by atoms with Gasteiger partial charge in [-0.2, -0.15) is 5.10 Å². The molecule has 0 aliphatic heterocycles. The zero-order valence-corrected chi connectivity index (χ0v) is 10.9. The Labute approximate surface area is 110 Å². The molecule has 18 heavy (non-hydrogen) atoms. The first-order valence-electron chi connectivity index (χ1n) is 5.70. The SMILES string of the molecule is CCn1ncc(Cl)c1C(O)c1ccc(C)c(F)c1. The van der Waals surface area contributed by atoms with Gasteiger partial charge in [0.05, 0.1) is 16.9 Å². The van der Waals surface area contributed by atoms with Crippen LogP contribution in [0.1, 0.15) is 29.8 Å². The van der Waals surface area contributed by atoms with Crippen molar-refractivity contribution in [3.8, 4) is 0 Å². The molecule has 0 radical (unpaired) electrons. The van der Waals surface area contributed by atoms with Gasteiger partial charge in [-0.1, -0.05) is 23.7 Å². The molecule has 1 aromatic heterocycles. The average Bonchev–Trinajstić information content (AvgIpc) is 2.73. The van der Waals surface area contributed by atoms with E-state index in [0.29, 0.717) is 28.4 Å². The molecular formula is C13H14ClFN2O. The van der Waals surface area contributed by atoms with Crippen molar-refractivity contribution in [2.45, 2.75) is 26.5 Å². The first kappa shape index (κ1) is 13.1. The third-order valence-corrected chi connectivity index (χ3v) is 3.19. The van der Waals surface area contributed by atoms with Crippen LogP contribution in [0.25, 0.3) is 0 Å². The monoisotopic (exact) mass is 268 g/mol. The second kappa shape index (κ2) is 5.08. The average molecular weight is 269 g/mol. The summed E-state index contributed by atoms with van der Waals surface area (Å²) >= 11 is 6.00. The summed E-state index contributed by atoms with van der Waals surface area (Å²) < 4.78 is 15.1. The van der Waals surface area contributed by atoms with Crippen LogP contribution in [0, 0.1) is 12.7 Å². The van der Waals surface area contributed by atoms with E-state index in [-0.39, 0.29) is 5.82 Å². The number of rotatable bonds is 3. The van der Waals surface area contributed by atoms with Crippen LogP contribution in [0.5, 0.6) is 0 Å². The van der Waals surface area contributed by atoms with E-state index in [2.05, 4.69) is 5.10 Å². The number of aliphatic hydroxyl groups excluding tert-OH is 1. The summed E-state index contributed by atoms with van der Waals surface area (Å²) in [5.74, 6) is -0.342. The molecule has 5 heteroatoms. The fraction of sp³-hybridized carbons (Fsp3) is 0.308. The lowest BCUT2D eigenvalue weighted by Crippen LogP contribution is -2.10. The van der Waals surface area contributed by atoms with Crippen molar-refractivity contribution < 1.29 is 9.50 Å². The summed E-state index contributed by atoms with van der Waals surface area (Å²) in [5.41, 5.74) is 1.50. The zero-order valence-electron chi connectivity index (χ0n) is 10.2. The Hall–Kier alpha value is -1.39. The van der Waals surface area contributed by atoms with Crippen LogP contribution < -0.4 is 0 Å². The van der Waals surface area contributed by atoms with E-state index in [1.807, 2.05) is 6.92 Å². The molecule has 0 aliphatic carbocycles. The maximum atomic E-state index is 13.5. The number of aromatic nitrogens is 2. The molecule has 0 saturated heterocycles. The van der Waals surface area contributed by atoms with Crippen molar-refractivity contribution in [2.75, 3.05) is 0 Å². The van der Waals surface area contributed by atoms with Crippen molar-refractivity contribution in [1.29, 1.82) is 0 Å². The Kier molecular flexibility index (Phi) is 3.68. The Morgan fingerprint density at radius 2 is 2.22 bits per heavy atom. The quantitative estimate of drug-likeness (QED) is 0.929. The van der Waals surface area contributed by atoms with Crippen LogP contribution >= 0.6 is 11.6 Å². The number of nitrogens with zero attached hydrogens (tertiary/aromatic N) is 2. The number of aryl methyl sites for hydroxylation is 2. The largest absolute Gasteiger partial charge is 0.382 e. The number of aliphatic hydroxyl groups is 1. The van der Waals surface area contributed by atoms with Crippen molar-refractivity contribution >= 4 is 11.6 Å². The minimum absolute atomic E-state index is 0.342. The predicted molar refractivity (Wildman–Crippen MR) is 68.1 cm³/mol. The number of halogens is 2. The van der Waals surface area contributed by atoms with Gasteiger partial charge in [0.1, 0.15) is 11.9 Å². The molecule has 2 rings (SSSR count). The third kappa shape index (κ3) is 2.26. The lowest BCUT2D eigenvalue weighted by molar-refractivity contribution is 0.207. The topological polar surface area (TPSA) is 38.0 Å². The zero-order chi connectivity index (χ0) is 13.3. The van der Waals surface area contributed by atoms with E-state index in [1.165, 1.54) is 12.3 Å². The van der Waals surface area contributed by atoms with E-state index >= 15 is 0 Å². The molecule has 0 fully saturated rings. The van der Waals surface area contributed by atoms with E-state index < -0.39 is 6.10 Å². The third-order valence-electron chi connectivity index (χ3n) is 2.90. The maximum absolute atomic E-state index is 13.5. The molecule has 1 unspecified atom stereocenters. The van der Waals surface area contributed by atoms with E-state index in [0.717, 1.165) is 0 Å². The molecular weight excluding hydrogens is 255 g/mol. The Balaban J connectivity index is 2.44. The van der Waals surface area contributed by atoms with Crippen LogP contribution in [0.3, 0.4) is 0 Å². The van der Waals surface area contributed by atoms with Gasteiger partial charge in [0, 0.05) is 6.54 Å². The van der Waals surface area contributed by atoms with Crippen molar-refractivity contribution in [3.63, 3.8) is 0 Å². The van der Waals surface area contributed by atoms with Crippen LogP contribution in [-0.4, -0.2) is 14.9 Å². The molecule has 1 aromatic carbocycles. The highest BCUT2D eigenvalue weighted by atomic mass is 35.5. The van der Waals surface area contributed by atoms with Gasteiger partial charge in [-0.3, -0.25) is 4.68 Å². The molecule has 0 spiro atoms. The van der Waals surface area contributed by atoms with Gasteiger partial charge in [0.15, 0.2) is 0 Å². The lowest BCUT2D eigenvalue weighted by Gasteiger charge is -2.14. The second-order valence-electron chi connectivity index (χ2n) is 4.10. The predicted octanol–water partition coefficient (Wildman–Crippen LogP) is 3.09. The van der Waals surface area contributed by atoms with Gasteiger partial charge in [0.2, 0.25) is 0 Å². The molecule has 3 nitrogen and oxygen atoms in total. The Bertz CT molecular complexity index is 568. The van der Waals surface area contributed by atoms with Crippen LogP contribution in [0.15, 0.2) is 24.4 Å². The molecule has 0 aliphatic rings. The van der Waals surface area contributed by atoms with Gasteiger partial charge in [-0.25, -0.2) is 4.39 Å². The Morgan fingerprint density at radius 1 is 1.50 bits per heavy atom.